The van der Waals surface area contributed by atoms with Crippen molar-refractivity contribution >= 4 is 116 Å². The lowest BCUT2D eigenvalue weighted by Gasteiger charge is -2.25. The fraction of sp³-hybridized carbons (Fsp3) is 0. The second-order valence-corrected chi connectivity index (χ2v) is 23.9. The summed E-state index contributed by atoms with van der Waals surface area (Å²) >= 11 is 3.49. The molecule has 452 valence electrons. The van der Waals surface area contributed by atoms with Crippen molar-refractivity contribution in [2.75, 3.05) is 9.80 Å². The number of fused-ring (bicyclic) bond motifs is 10. The molecule has 0 spiro atoms. The Morgan fingerprint density at radius 2 is 0.674 bits per heavy atom. The zero-order valence-corrected chi connectivity index (χ0v) is 53.0. The number of hydrogen-bond donors (Lipinski definition) is 1. The molecule has 10 aromatic carbocycles. The molecule has 0 aliphatic rings. The summed E-state index contributed by atoms with van der Waals surface area (Å²) in [6.07, 6.45) is 11.8. The molecule has 0 bridgehead atoms. The third-order valence-electron chi connectivity index (χ3n) is 17.3. The van der Waals surface area contributed by atoms with Crippen LogP contribution in [0.15, 0.2) is 357 Å². The Balaban J connectivity index is 0.000000125. The number of nitrogens with zero attached hydrogens (tertiary/aromatic N) is 9. The van der Waals surface area contributed by atoms with Gasteiger partial charge in [-0.05, 0) is 180 Å². The van der Waals surface area contributed by atoms with Crippen LogP contribution in [0.1, 0.15) is 0 Å². The van der Waals surface area contributed by atoms with Crippen LogP contribution in [-0.2, 0) is 0 Å². The number of halogens is 1. The minimum absolute atomic E-state index is 0.895. The fourth-order valence-corrected chi connectivity index (χ4v) is 13.0. The molecule has 95 heavy (non-hydrogen) atoms. The maximum atomic E-state index is 5.00. The lowest BCUT2D eigenvalue weighted by Crippen LogP contribution is -2.09. The number of nitrogens with one attached hydrogen (secondary N) is 1. The van der Waals surface area contributed by atoms with Crippen LogP contribution in [0.4, 0.5) is 34.1 Å². The van der Waals surface area contributed by atoms with Gasteiger partial charge in [-0.1, -0.05) is 174 Å². The van der Waals surface area contributed by atoms with Gasteiger partial charge in [0, 0.05) is 125 Å². The van der Waals surface area contributed by atoms with Crippen molar-refractivity contribution in [2.45, 2.75) is 0 Å². The van der Waals surface area contributed by atoms with Crippen LogP contribution in [0.5, 0.6) is 0 Å². The minimum atomic E-state index is 0.895. The molecule has 1 N–H and O–H groups in total. The van der Waals surface area contributed by atoms with Gasteiger partial charge in [0.25, 0.3) is 0 Å². The average molecular weight is 1290 g/mol. The molecule has 0 aliphatic carbocycles. The van der Waals surface area contributed by atoms with E-state index in [0.29, 0.717) is 0 Å². The van der Waals surface area contributed by atoms with Gasteiger partial charge >= 0.3 is 0 Å². The monoisotopic (exact) mass is 1290 g/mol. The van der Waals surface area contributed by atoms with Crippen LogP contribution in [0, 0.1) is 0 Å². The zero-order chi connectivity index (χ0) is 63.4. The van der Waals surface area contributed by atoms with Crippen molar-refractivity contribution in [2.24, 2.45) is 0 Å². The van der Waals surface area contributed by atoms with E-state index in [-0.39, 0.29) is 0 Å². The number of aromatic nitrogens is 8. The van der Waals surface area contributed by atoms with Crippen molar-refractivity contribution in [3.63, 3.8) is 0 Å². The topological polar surface area (TPSA) is 88.6 Å². The molecule has 0 saturated carbocycles. The summed E-state index contributed by atoms with van der Waals surface area (Å²) in [6, 6.07) is 109. The van der Waals surface area contributed by atoms with E-state index in [1.807, 2.05) is 73.3 Å². The van der Waals surface area contributed by atoms with Gasteiger partial charge in [-0.2, -0.15) is 0 Å². The SMILES string of the molecule is Brc1ccc(N(c2ccccc2)c2ccccc2)cc1.c1ccc(-c2ccc(-n3ccc4c3ncc3c5cccnc5n(-c5ccc(N(c6ccccc6)c6ccccc6)cc5)c34)cc2)cc1.c1ccc(-c2ccc(-n3ccc4c5[nH]c6ncccc6c5cnc43)cc2)cc1. The van der Waals surface area contributed by atoms with Gasteiger partial charge in [0.2, 0.25) is 0 Å². The summed E-state index contributed by atoms with van der Waals surface area (Å²) < 4.78 is 7.65. The molecule has 8 heterocycles. The highest BCUT2D eigenvalue weighted by Gasteiger charge is 2.21. The lowest BCUT2D eigenvalue weighted by atomic mass is 10.1. The van der Waals surface area contributed by atoms with Crippen molar-refractivity contribution in [1.29, 1.82) is 0 Å². The van der Waals surface area contributed by atoms with Gasteiger partial charge < -0.3 is 23.9 Å². The molecule has 0 radical (unpaired) electrons. The summed E-state index contributed by atoms with van der Waals surface area (Å²) in [5, 5.41) is 6.54. The quantitative estimate of drug-likeness (QED) is 0.139. The van der Waals surface area contributed by atoms with Gasteiger partial charge in [-0.15, -0.1) is 0 Å². The number of rotatable bonds is 11. The molecule has 0 aliphatic heterocycles. The fourth-order valence-electron chi connectivity index (χ4n) is 12.8. The van der Waals surface area contributed by atoms with Gasteiger partial charge in [-0.3, -0.25) is 4.57 Å². The van der Waals surface area contributed by atoms with E-state index in [1.54, 1.807) is 0 Å². The standard InChI is InChI=1S/C42H29N5.C24H16N4.C18H14BrN/c1-4-11-30(12-5-1)31-18-20-32(21-19-31)45-28-26-38-40-39(29-44-41(38)45)37-17-10-27-43-42(37)47(40)36-24-22-35(23-25-36)46(33-13-6-2-7-14-33)34-15-8-3-9-16-34;1-2-5-16(6-3-1)17-8-10-18(11-9-17)28-14-12-20-22-21(15-26-24(20)28)19-7-4-13-25-23(19)27-22;19-15-11-13-18(14-12-15)20(16-7-3-1-4-8-16)17-9-5-2-6-10-17/h1-29H;1-15H,(H,25,27);1-14H. The molecule has 8 aromatic heterocycles. The number of benzene rings is 10. The van der Waals surface area contributed by atoms with E-state index in [9.17, 15) is 0 Å². The molecule has 0 atom stereocenters. The first-order chi connectivity index (χ1) is 47.1. The summed E-state index contributed by atoms with van der Waals surface area (Å²) in [4.78, 5) is 27.1. The van der Waals surface area contributed by atoms with Gasteiger partial charge in [-0.25, -0.2) is 19.9 Å². The van der Waals surface area contributed by atoms with E-state index in [2.05, 4.69) is 329 Å². The third kappa shape index (κ3) is 11.3. The molecule has 18 rings (SSSR count). The van der Waals surface area contributed by atoms with Crippen LogP contribution >= 0.6 is 15.9 Å². The predicted molar refractivity (Wildman–Crippen MR) is 396 cm³/mol. The van der Waals surface area contributed by atoms with Crippen LogP contribution in [0.25, 0.3) is 105 Å². The Bertz CT molecular complexity index is 5550. The first-order valence-electron chi connectivity index (χ1n) is 31.5. The molecule has 11 heteroatoms. The van der Waals surface area contributed by atoms with Crippen molar-refractivity contribution in [1.82, 2.24) is 38.6 Å². The number of hydrogen-bond acceptors (Lipinski definition) is 6. The molecule has 0 amide bonds. The zero-order valence-electron chi connectivity index (χ0n) is 51.4. The number of pyridine rings is 4. The van der Waals surface area contributed by atoms with E-state index < -0.39 is 0 Å². The van der Waals surface area contributed by atoms with E-state index >= 15 is 0 Å². The van der Waals surface area contributed by atoms with Crippen LogP contribution in [-0.4, -0.2) is 38.6 Å². The highest BCUT2D eigenvalue weighted by atomic mass is 79.9. The number of aromatic amines is 1. The van der Waals surface area contributed by atoms with Crippen molar-refractivity contribution < 1.29 is 0 Å². The molecular weight excluding hydrogens is 1230 g/mol. The highest BCUT2D eigenvalue weighted by molar-refractivity contribution is 9.10. The molecule has 18 aromatic rings. The number of para-hydroxylation sites is 4. The van der Waals surface area contributed by atoms with Crippen LogP contribution in [0.2, 0.25) is 0 Å². The predicted octanol–water partition coefficient (Wildman–Crippen LogP) is 22.3. The normalized spacial score (nSPS) is 11.2. The van der Waals surface area contributed by atoms with E-state index in [1.165, 1.54) is 22.3 Å². The van der Waals surface area contributed by atoms with E-state index in [0.717, 1.165) is 122 Å². The first-order valence-corrected chi connectivity index (χ1v) is 32.3. The van der Waals surface area contributed by atoms with Crippen molar-refractivity contribution in [3.8, 4) is 39.3 Å². The lowest BCUT2D eigenvalue weighted by molar-refractivity contribution is 1.09. The summed E-state index contributed by atoms with van der Waals surface area (Å²) in [6.45, 7) is 0. The van der Waals surface area contributed by atoms with Gasteiger partial charge in [0.1, 0.15) is 22.6 Å². The van der Waals surface area contributed by atoms with Crippen molar-refractivity contribution in [3.05, 3.63) is 357 Å². The number of anilines is 6. The summed E-state index contributed by atoms with van der Waals surface area (Å²) in [7, 11) is 0. The Kier molecular flexibility index (Phi) is 15.6. The second-order valence-electron chi connectivity index (χ2n) is 23.0. The smallest absolute Gasteiger partial charge is 0.146 e. The maximum absolute atomic E-state index is 5.00. The Hall–Kier alpha value is -12.4. The second kappa shape index (κ2) is 25.7. The Morgan fingerprint density at radius 1 is 0.284 bits per heavy atom. The van der Waals surface area contributed by atoms with Crippen LogP contribution < -0.4 is 9.80 Å². The first kappa shape index (κ1) is 57.7. The van der Waals surface area contributed by atoms with E-state index in [4.69, 9.17) is 15.0 Å². The third-order valence-corrected chi connectivity index (χ3v) is 17.8. The highest BCUT2D eigenvalue weighted by Crippen LogP contribution is 2.40. The van der Waals surface area contributed by atoms with Crippen LogP contribution in [0.3, 0.4) is 0 Å². The maximum Gasteiger partial charge on any atom is 0.146 e. The largest absolute Gasteiger partial charge is 0.339 e. The summed E-state index contributed by atoms with van der Waals surface area (Å²) in [5.41, 5.74) is 20.6. The Morgan fingerprint density at radius 3 is 1.17 bits per heavy atom. The summed E-state index contributed by atoms with van der Waals surface area (Å²) in [5.74, 6) is 0. The van der Waals surface area contributed by atoms with Gasteiger partial charge in [0.15, 0.2) is 0 Å². The average Bonchev–Trinajstić information content (AvgIpc) is 1.59. The molecule has 0 unspecified atom stereocenters. The van der Waals surface area contributed by atoms with Gasteiger partial charge in [0.05, 0.1) is 11.0 Å². The minimum Gasteiger partial charge on any atom is -0.339 e. The molecular formula is C84H59BrN10. The Labute approximate surface area is 557 Å². The molecule has 0 fully saturated rings. The molecule has 0 saturated heterocycles. The molecule has 10 nitrogen and oxygen atoms in total. The number of H-pyrrole nitrogens is 1.